The summed E-state index contributed by atoms with van der Waals surface area (Å²) < 4.78 is 0. The van der Waals surface area contributed by atoms with Crippen molar-refractivity contribution in [3.63, 3.8) is 0 Å². The fourth-order valence-corrected chi connectivity index (χ4v) is 1.01. The van der Waals surface area contributed by atoms with Crippen LogP contribution in [-0.2, 0) is 0 Å². The van der Waals surface area contributed by atoms with Crippen molar-refractivity contribution in [1.29, 1.82) is 0 Å². The molecule has 0 aliphatic rings. The lowest BCUT2D eigenvalue weighted by molar-refractivity contribution is 1.07. The Morgan fingerprint density at radius 1 is 1.29 bits per heavy atom. The minimum absolute atomic E-state index is 0.0566. The van der Waals surface area contributed by atoms with Crippen molar-refractivity contribution in [3.05, 3.63) is 31.3 Å². The maximum absolute atomic E-state index is 11.1. The van der Waals surface area contributed by atoms with Gasteiger partial charge in [-0.3, -0.25) is 14.8 Å². The number of H-pyrrole nitrogens is 3. The lowest BCUT2D eigenvalue weighted by Crippen LogP contribution is -2.21. The van der Waals surface area contributed by atoms with Crippen LogP contribution < -0.4 is 11.2 Å². The van der Waals surface area contributed by atoms with Crippen LogP contribution in [0.3, 0.4) is 0 Å². The van der Waals surface area contributed by atoms with Gasteiger partial charge in [-0.25, -0.2) is 9.78 Å². The van der Waals surface area contributed by atoms with Gasteiger partial charge in [0.1, 0.15) is 5.52 Å². The summed E-state index contributed by atoms with van der Waals surface area (Å²) in [6.07, 6.45) is 0. The maximum Gasteiger partial charge on any atom is 0.327 e. The molecule has 2 aromatic rings. The normalized spacial score (nSPS) is 10.0. The summed E-state index contributed by atoms with van der Waals surface area (Å²) in [6.45, 7) is 0. The number of azide groups is 1. The van der Waals surface area contributed by atoms with Gasteiger partial charge in [0.25, 0.3) is 5.56 Å². The van der Waals surface area contributed by atoms with Gasteiger partial charge in [-0.2, -0.15) is 0 Å². The molecule has 0 fully saturated rings. The molecule has 2 heterocycles. The topological polar surface area (TPSA) is 143 Å². The Kier molecular flexibility index (Phi) is 1.58. The first kappa shape index (κ1) is 8.08. The van der Waals surface area contributed by atoms with Gasteiger partial charge in [-0.05, 0) is 10.6 Å². The molecule has 2 rings (SSSR count). The van der Waals surface area contributed by atoms with E-state index in [0.717, 1.165) is 0 Å². The predicted octanol–water partition coefficient (Wildman–Crippen LogP) is -0.119. The smallest absolute Gasteiger partial charge is 0.327 e. The second-order valence-electron chi connectivity index (χ2n) is 2.38. The van der Waals surface area contributed by atoms with Crippen LogP contribution in [0, 0.1) is 0 Å². The predicted molar refractivity (Wildman–Crippen MR) is 46.1 cm³/mol. The molecule has 70 valence electrons. The summed E-state index contributed by atoms with van der Waals surface area (Å²) in [5.41, 5.74) is 6.95. The van der Waals surface area contributed by atoms with Crippen molar-refractivity contribution < 1.29 is 0 Å². The van der Waals surface area contributed by atoms with Gasteiger partial charge in [-0.15, -0.1) is 0 Å². The minimum atomic E-state index is -0.665. The zero-order valence-corrected chi connectivity index (χ0v) is 6.61. The van der Waals surface area contributed by atoms with Gasteiger partial charge < -0.3 is 4.98 Å². The Bertz CT molecular complexity index is 640. The Balaban J connectivity index is 2.90. The van der Waals surface area contributed by atoms with E-state index in [1.807, 2.05) is 4.98 Å². The molecule has 0 saturated carbocycles. The van der Waals surface area contributed by atoms with Gasteiger partial charge in [0.15, 0.2) is 11.6 Å². The van der Waals surface area contributed by atoms with Gasteiger partial charge in [0.2, 0.25) is 0 Å². The third kappa shape index (κ3) is 1.13. The standard InChI is InChI=1S/C5H3N7O2/c6-12-11-4-7-1-2(8-4)9-5(14)10-3(1)13/h(H3,7,8,9,10,13,14). The zero-order chi connectivity index (χ0) is 10.1. The molecule has 0 unspecified atom stereocenters. The zero-order valence-electron chi connectivity index (χ0n) is 6.61. The summed E-state index contributed by atoms with van der Waals surface area (Å²) in [7, 11) is 0. The molecule has 9 heteroatoms. The molecule has 0 spiro atoms. The van der Waals surface area contributed by atoms with Crippen LogP contribution in [0.2, 0.25) is 0 Å². The first-order valence-electron chi connectivity index (χ1n) is 3.48. The molecule has 0 aromatic carbocycles. The molecule has 0 aliphatic heterocycles. The minimum Gasteiger partial charge on any atom is -0.331 e. The van der Waals surface area contributed by atoms with Crippen molar-refractivity contribution in [2.24, 2.45) is 5.11 Å². The molecule has 2 aromatic heterocycles. The Morgan fingerprint density at radius 2 is 2.07 bits per heavy atom. The number of aromatic nitrogens is 4. The number of aromatic amines is 3. The van der Waals surface area contributed by atoms with Crippen molar-refractivity contribution in [2.45, 2.75) is 0 Å². The number of hydrogen-bond acceptors (Lipinski definition) is 4. The van der Waals surface area contributed by atoms with E-state index >= 15 is 0 Å². The lowest BCUT2D eigenvalue weighted by Gasteiger charge is -1.83. The van der Waals surface area contributed by atoms with Crippen molar-refractivity contribution in [3.8, 4) is 0 Å². The monoisotopic (exact) mass is 193 g/mol. The Morgan fingerprint density at radius 3 is 2.79 bits per heavy atom. The van der Waals surface area contributed by atoms with E-state index in [4.69, 9.17) is 5.53 Å². The highest BCUT2D eigenvalue weighted by Crippen LogP contribution is 2.08. The van der Waals surface area contributed by atoms with Crippen LogP contribution in [0.4, 0.5) is 5.95 Å². The van der Waals surface area contributed by atoms with E-state index in [1.54, 1.807) is 0 Å². The second kappa shape index (κ2) is 2.75. The number of hydrogen-bond donors (Lipinski definition) is 3. The molecule has 3 N–H and O–H groups in total. The highest BCUT2D eigenvalue weighted by molar-refractivity contribution is 5.70. The number of imidazole rings is 1. The number of fused-ring (bicyclic) bond motifs is 1. The Hall–Kier alpha value is -2.54. The van der Waals surface area contributed by atoms with E-state index in [0.29, 0.717) is 0 Å². The third-order valence-electron chi connectivity index (χ3n) is 1.52. The van der Waals surface area contributed by atoms with E-state index in [1.165, 1.54) is 0 Å². The van der Waals surface area contributed by atoms with Crippen LogP contribution in [-0.4, -0.2) is 19.9 Å². The second-order valence-corrected chi connectivity index (χ2v) is 2.38. The Labute approximate surface area is 74.4 Å². The van der Waals surface area contributed by atoms with Crippen molar-refractivity contribution in [1.82, 2.24) is 19.9 Å². The molecular formula is C5H3N7O2. The largest absolute Gasteiger partial charge is 0.331 e. The first-order chi connectivity index (χ1) is 6.70. The SMILES string of the molecule is [N-]=[N+]=Nc1nc2[nH]c(=O)[nH]c(=O)c2[nH]1. The summed E-state index contributed by atoms with van der Waals surface area (Å²) in [5, 5.41) is 3.15. The van der Waals surface area contributed by atoms with Gasteiger partial charge >= 0.3 is 5.69 Å². The quantitative estimate of drug-likeness (QED) is 0.330. The summed E-state index contributed by atoms with van der Waals surface area (Å²) >= 11 is 0. The number of nitrogens with one attached hydrogen (secondary N) is 3. The number of nitrogens with zero attached hydrogens (tertiary/aromatic N) is 4. The summed E-state index contributed by atoms with van der Waals surface area (Å²) in [4.78, 5) is 34.8. The highest BCUT2D eigenvalue weighted by Gasteiger charge is 2.05. The third-order valence-corrected chi connectivity index (χ3v) is 1.52. The van der Waals surface area contributed by atoms with Crippen LogP contribution in [0.5, 0.6) is 0 Å². The highest BCUT2D eigenvalue weighted by atomic mass is 16.2. The van der Waals surface area contributed by atoms with E-state index in [9.17, 15) is 9.59 Å². The van der Waals surface area contributed by atoms with E-state index < -0.39 is 11.2 Å². The molecule has 0 radical (unpaired) electrons. The fraction of sp³-hybridized carbons (Fsp3) is 0. The van der Waals surface area contributed by atoms with E-state index in [2.05, 4.69) is 25.0 Å². The average molecular weight is 193 g/mol. The molecule has 9 nitrogen and oxygen atoms in total. The first-order valence-corrected chi connectivity index (χ1v) is 3.48. The van der Waals surface area contributed by atoms with Crippen LogP contribution in [0.1, 0.15) is 0 Å². The van der Waals surface area contributed by atoms with Gasteiger partial charge in [-0.1, -0.05) is 0 Å². The summed E-state index contributed by atoms with van der Waals surface area (Å²) in [5.74, 6) is -0.0742. The molecule has 0 atom stereocenters. The van der Waals surface area contributed by atoms with Crippen LogP contribution in [0.15, 0.2) is 14.7 Å². The summed E-state index contributed by atoms with van der Waals surface area (Å²) in [6, 6.07) is 0. The maximum atomic E-state index is 11.1. The number of rotatable bonds is 1. The molecule has 0 bridgehead atoms. The molecule has 14 heavy (non-hydrogen) atoms. The molecule has 0 amide bonds. The van der Waals surface area contributed by atoms with Gasteiger partial charge in [0, 0.05) is 4.91 Å². The fourth-order valence-electron chi connectivity index (χ4n) is 1.01. The molecular weight excluding hydrogens is 190 g/mol. The van der Waals surface area contributed by atoms with Crippen LogP contribution in [0.25, 0.3) is 21.6 Å². The van der Waals surface area contributed by atoms with Crippen LogP contribution >= 0.6 is 0 Å². The average Bonchev–Trinajstić information content (AvgIpc) is 2.48. The van der Waals surface area contributed by atoms with Gasteiger partial charge in [0.05, 0.1) is 0 Å². The van der Waals surface area contributed by atoms with Crippen molar-refractivity contribution >= 4 is 17.1 Å². The lowest BCUT2D eigenvalue weighted by atomic mass is 10.5. The van der Waals surface area contributed by atoms with Crippen molar-refractivity contribution in [2.75, 3.05) is 0 Å². The van der Waals surface area contributed by atoms with E-state index in [-0.39, 0.29) is 17.1 Å². The molecule has 0 saturated heterocycles. The molecule has 0 aliphatic carbocycles.